The molecular weight excluding hydrogens is 236 g/mol. The van der Waals surface area contributed by atoms with Gasteiger partial charge in [0, 0.05) is 12.3 Å². The molecule has 0 saturated carbocycles. The van der Waals surface area contributed by atoms with Gasteiger partial charge in [0.25, 0.3) is 0 Å². The summed E-state index contributed by atoms with van der Waals surface area (Å²) in [5.74, 6) is -2.35. The smallest absolute Gasteiger partial charge is 0.305 e. The second kappa shape index (κ2) is 8.00. The molecule has 0 spiro atoms. The number of carbonyl (C=O) groups excluding carboxylic acids is 1. The maximum absolute atomic E-state index is 11.7. The van der Waals surface area contributed by atoms with Gasteiger partial charge in [-0.2, -0.15) is 0 Å². The molecule has 0 aromatic carbocycles. The number of carbonyl (C=O) groups is 2. The van der Waals surface area contributed by atoms with Crippen LogP contribution in [0.15, 0.2) is 12.7 Å². The molecule has 0 rings (SSSR count). The summed E-state index contributed by atoms with van der Waals surface area (Å²) in [7, 11) is 0. The van der Waals surface area contributed by atoms with Crippen LogP contribution in [0.4, 0.5) is 0 Å². The highest BCUT2D eigenvalue weighted by molar-refractivity contribution is 5.82. The topological polar surface area (TPSA) is 94.8 Å². The van der Waals surface area contributed by atoms with E-state index in [2.05, 4.69) is 6.58 Å². The van der Waals surface area contributed by atoms with Crippen molar-refractivity contribution in [3.63, 3.8) is 0 Å². The summed E-state index contributed by atoms with van der Waals surface area (Å²) in [4.78, 5) is 22.2. The molecule has 0 aromatic rings. The zero-order valence-electron chi connectivity index (χ0n) is 10.9. The number of carboxylic acid groups (broad SMARTS) is 1. The van der Waals surface area contributed by atoms with Gasteiger partial charge in [-0.05, 0) is 12.3 Å². The first-order chi connectivity index (χ1) is 8.29. The van der Waals surface area contributed by atoms with Crippen LogP contribution in [0.5, 0.6) is 0 Å². The van der Waals surface area contributed by atoms with Crippen molar-refractivity contribution < 1.29 is 24.9 Å². The molecule has 0 saturated heterocycles. The fraction of sp³-hybridized carbons (Fsp3) is 0.692. The van der Waals surface area contributed by atoms with Gasteiger partial charge in [-0.15, -0.1) is 6.58 Å². The second-order valence-corrected chi connectivity index (χ2v) is 4.69. The van der Waals surface area contributed by atoms with E-state index in [4.69, 9.17) is 5.11 Å². The van der Waals surface area contributed by atoms with Crippen molar-refractivity contribution >= 4 is 11.8 Å². The number of allylic oxidation sites excluding steroid dienone is 1. The second-order valence-electron chi connectivity index (χ2n) is 4.69. The fourth-order valence-electron chi connectivity index (χ4n) is 1.58. The lowest BCUT2D eigenvalue weighted by Crippen LogP contribution is -2.31. The van der Waals surface area contributed by atoms with E-state index in [9.17, 15) is 19.8 Å². The Kier molecular flexibility index (Phi) is 7.47. The molecule has 5 nitrogen and oxygen atoms in total. The molecular formula is C13H22O5. The van der Waals surface area contributed by atoms with E-state index in [0.717, 1.165) is 0 Å². The number of aliphatic hydroxyl groups excluding tert-OH is 2. The fourth-order valence-corrected chi connectivity index (χ4v) is 1.58. The number of rotatable bonds is 9. The highest BCUT2D eigenvalue weighted by atomic mass is 16.4. The number of aliphatic hydroxyl groups is 2. The van der Waals surface area contributed by atoms with Gasteiger partial charge in [0.2, 0.25) is 0 Å². The maximum Gasteiger partial charge on any atom is 0.305 e. The maximum atomic E-state index is 11.7. The molecule has 0 aliphatic carbocycles. The summed E-state index contributed by atoms with van der Waals surface area (Å²) in [5.41, 5.74) is 0. The average Bonchev–Trinajstić information content (AvgIpc) is 2.27. The normalized spacial score (nSPS) is 17.6. The van der Waals surface area contributed by atoms with Gasteiger partial charge < -0.3 is 15.3 Å². The highest BCUT2D eigenvalue weighted by Crippen LogP contribution is 2.17. The van der Waals surface area contributed by atoms with Gasteiger partial charge in [-0.1, -0.05) is 19.9 Å². The molecule has 0 unspecified atom stereocenters. The van der Waals surface area contributed by atoms with Crippen LogP contribution >= 0.6 is 0 Å². The Hall–Kier alpha value is -1.20. The zero-order valence-corrected chi connectivity index (χ0v) is 10.9. The quantitative estimate of drug-likeness (QED) is 0.536. The van der Waals surface area contributed by atoms with Crippen LogP contribution in [0.2, 0.25) is 0 Å². The first-order valence-corrected chi connectivity index (χ1v) is 6.01. The molecule has 0 aliphatic rings. The third-order valence-corrected chi connectivity index (χ3v) is 3.07. The third-order valence-electron chi connectivity index (χ3n) is 3.07. The van der Waals surface area contributed by atoms with Crippen molar-refractivity contribution in [3.05, 3.63) is 12.7 Å². The van der Waals surface area contributed by atoms with Gasteiger partial charge >= 0.3 is 5.97 Å². The standard InChI is InChI=1S/C13H22O5/c1-4-5-8(2)10(14)6-11(15)9(3)12(16)7-13(17)18/h4,8-10,12,14,16H,1,5-7H2,2-3H3,(H,17,18)/t8-,9+,10+,12-/m0/s1. The minimum atomic E-state index is -1.21. The van der Waals surface area contributed by atoms with E-state index >= 15 is 0 Å². The lowest BCUT2D eigenvalue weighted by Gasteiger charge is -2.20. The zero-order chi connectivity index (χ0) is 14.3. The van der Waals surface area contributed by atoms with Gasteiger partial charge in [0.15, 0.2) is 0 Å². The first kappa shape index (κ1) is 16.8. The predicted octanol–water partition coefficient (Wildman–Crippen LogP) is 0.990. The van der Waals surface area contributed by atoms with Crippen LogP contribution in [-0.2, 0) is 9.59 Å². The molecule has 0 fully saturated rings. The molecule has 0 bridgehead atoms. The van der Waals surface area contributed by atoms with Crippen LogP contribution in [-0.4, -0.2) is 39.3 Å². The van der Waals surface area contributed by atoms with Crippen LogP contribution < -0.4 is 0 Å². The van der Waals surface area contributed by atoms with Crippen LogP contribution in [0, 0.1) is 11.8 Å². The number of carboxylic acids is 1. The Balaban J connectivity index is 4.30. The SMILES string of the molecule is C=CC[C@H](C)[C@H](O)CC(=O)[C@@H](C)[C@@H](O)CC(=O)O. The van der Waals surface area contributed by atoms with E-state index in [1.165, 1.54) is 6.92 Å². The summed E-state index contributed by atoms with van der Waals surface area (Å²) in [6, 6.07) is 0. The number of hydrogen-bond acceptors (Lipinski definition) is 4. The molecule has 18 heavy (non-hydrogen) atoms. The molecule has 0 aliphatic heterocycles. The van der Waals surface area contributed by atoms with Crippen molar-refractivity contribution in [1.29, 1.82) is 0 Å². The molecule has 104 valence electrons. The Morgan fingerprint density at radius 1 is 1.17 bits per heavy atom. The third kappa shape index (κ3) is 5.93. The van der Waals surface area contributed by atoms with Crippen molar-refractivity contribution in [1.82, 2.24) is 0 Å². The Labute approximate surface area is 107 Å². The van der Waals surface area contributed by atoms with Crippen LogP contribution in [0.25, 0.3) is 0 Å². The van der Waals surface area contributed by atoms with Crippen molar-refractivity contribution in [3.8, 4) is 0 Å². The van der Waals surface area contributed by atoms with E-state index < -0.39 is 30.5 Å². The molecule has 4 atom stereocenters. The largest absolute Gasteiger partial charge is 0.481 e. The number of hydrogen-bond donors (Lipinski definition) is 3. The van der Waals surface area contributed by atoms with Crippen molar-refractivity contribution in [2.75, 3.05) is 0 Å². The van der Waals surface area contributed by atoms with E-state index in [0.29, 0.717) is 6.42 Å². The molecule has 0 amide bonds. The van der Waals surface area contributed by atoms with Gasteiger partial charge in [-0.3, -0.25) is 9.59 Å². The Bertz CT molecular complexity index is 300. The summed E-state index contributed by atoms with van der Waals surface area (Å²) < 4.78 is 0. The van der Waals surface area contributed by atoms with E-state index in [1.54, 1.807) is 13.0 Å². The molecule has 0 heterocycles. The number of aliphatic carboxylic acids is 1. The van der Waals surface area contributed by atoms with E-state index in [-0.39, 0.29) is 18.1 Å². The van der Waals surface area contributed by atoms with Gasteiger partial charge in [0.1, 0.15) is 5.78 Å². The lowest BCUT2D eigenvalue weighted by atomic mass is 9.89. The van der Waals surface area contributed by atoms with Crippen LogP contribution in [0.1, 0.15) is 33.1 Å². The number of Topliss-reactive ketones (excluding diaryl/α,β-unsaturated/α-hetero) is 1. The minimum absolute atomic E-state index is 0.0765. The monoisotopic (exact) mass is 258 g/mol. The van der Waals surface area contributed by atoms with Crippen molar-refractivity contribution in [2.45, 2.75) is 45.3 Å². The van der Waals surface area contributed by atoms with Crippen molar-refractivity contribution in [2.24, 2.45) is 11.8 Å². The van der Waals surface area contributed by atoms with E-state index in [1.807, 2.05) is 0 Å². The van der Waals surface area contributed by atoms with Gasteiger partial charge in [-0.25, -0.2) is 0 Å². The highest BCUT2D eigenvalue weighted by Gasteiger charge is 2.27. The Morgan fingerprint density at radius 2 is 1.72 bits per heavy atom. The van der Waals surface area contributed by atoms with Gasteiger partial charge in [0.05, 0.1) is 18.6 Å². The first-order valence-electron chi connectivity index (χ1n) is 6.01. The number of ketones is 1. The lowest BCUT2D eigenvalue weighted by molar-refractivity contribution is -0.141. The average molecular weight is 258 g/mol. The predicted molar refractivity (Wildman–Crippen MR) is 67.0 cm³/mol. The minimum Gasteiger partial charge on any atom is -0.481 e. The molecule has 0 aromatic heterocycles. The molecule has 0 radical (unpaired) electrons. The summed E-state index contributed by atoms with van der Waals surface area (Å²) in [6.07, 6.45) is -0.286. The summed E-state index contributed by atoms with van der Waals surface area (Å²) in [5, 5.41) is 27.8. The van der Waals surface area contributed by atoms with Crippen LogP contribution in [0.3, 0.4) is 0 Å². The Morgan fingerprint density at radius 3 is 2.17 bits per heavy atom. The molecule has 5 heteroatoms. The summed E-state index contributed by atoms with van der Waals surface area (Å²) >= 11 is 0. The molecule has 3 N–H and O–H groups in total. The summed E-state index contributed by atoms with van der Waals surface area (Å²) in [6.45, 7) is 6.83.